The van der Waals surface area contributed by atoms with Crippen LogP contribution in [-0.4, -0.2) is 16.7 Å². The van der Waals surface area contributed by atoms with Gasteiger partial charge >= 0.3 is 0 Å². The van der Waals surface area contributed by atoms with Crippen LogP contribution in [0.2, 0.25) is 0 Å². The smallest absolute Gasteiger partial charge is 0.253 e. The van der Waals surface area contributed by atoms with Gasteiger partial charge in [-0.3, -0.25) is 9.59 Å². The number of ketones is 1. The van der Waals surface area contributed by atoms with Crippen LogP contribution in [0, 0.1) is 6.92 Å². The first-order valence-electron chi connectivity index (χ1n) is 8.69. The topological polar surface area (TPSA) is 71.1 Å². The Bertz CT molecular complexity index is 965. The van der Waals surface area contributed by atoms with Crippen molar-refractivity contribution < 1.29 is 9.59 Å². The van der Waals surface area contributed by atoms with Crippen LogP contribution in [0.25, 0.3) is 0 Å². The summed E-state index contributed by atoms with van der Waals surface area (Å²) in [6, 6.07) is 18.7. The van der Waals surface area contributed by atoms with Crippen LogP contribution in [0.4, 0.5) is 11.5 Å². The van der Waals surface area contributed by atoms with E-state index in [1.165, 1.54) is 13.1 Å². The highest BCUT2D eigenvalue weighted by atomic mass is 16.1. The number of benzene rings is 2. The van der Waals surface area contributed by atoms with E-state index < -0.39 is 0 Å². The molecule has 0 fully saturated rings. The molecule has 0 saturated carbocycles. The number of nitrogens with one attached hydrogen (secondary N) is 2. The van der Waals surface area contributed by atoms with Gasteiger partial charge in [0.05, 0.1) is 5.56 Å². The third kappa shape index (κ3) is 5.01. The summed E-state index contributed by atoms with van der Waals surface area (Å²) in [5.41, 5.74) is 4.11. The molecule has 0 saturated heterocycles. The molecule has 0 unspecified atom stereocenters. The van der Waals surface area contributed by atoms with Crippen LogP contribution >= 0.6 is 0 Å². The van der Waals surface area contributed by atoms with E-state index in [-0.39, 0.29) is 11.7 Å². The lowest BCUT2D eigenvalue weighted by Crippen LogP contribution is -2.22. The molecule has 0 radical (unpaired) electrons. The molecule has 0 spiro atoms. The normalized spacial score (nSPS) is 10.3. The number of amides is 1. The monoisotopic (exact) mass is 359 g/mol. The Balaban J connectivity index is 1.62. The molecule has 1 aromatic heterocycles. The second-order valence-electron chi connectivity index (χ2n) is 6.37. The van der Waals surface area contributed by atoms with Crippen LogP contribution in [0.3, 0.4) is 0 Å². The Morgan fingerprint density at radius 1 is 0.963 bits per heavy atom. The number of rotatable bonds is 6. The van der Waals surface area contributed by atoms with E-state index in [1.54, 1.807) is 24.3 Å². The maximum Gasteiger partial charge on any atom is 0.253 e. The number of Topliss-reactive ketones (excluding diaryl/α,β-unsaturated/α-hetero) is 1. The SMILES string of the molecule is CC(=O)c1cccc(Nc2ccc(C(=O)NCc3cccc(C)c3)cn2)c1. The molecule has 0 atom stereocenters. The minimum Gasteiger partial charge on any atom is -0.348 e. The van der Waals surface area contributed by atoms with E-state index in [9.17, 15) is 9.59 Å². The van der Waals surface area contributed by atoms with Gasteiger partial charge < -0.3 is 10.6 Å². The van der Waals surface area contributed by atoms with Crippen molar-refractivity contribution in [3.05, 3.63) is 89.1 Å². The Morgan fingerprint density at radius 2 is 1.78 bits per heavy atom. The second-order valence-corrected chi connectivity index (χ2v) is 6.37. The van der Waals surface area contributed by atoms with Crippen LogP contribution in [0.15, 0.2) is 66.9 Å². The lowest BCUT2D eigenvalue weighted by Gasteiger charge is -2.09. The molecular formula is C22H21N3O2. The van der Waals surface area contributed by atoms with Crippen LogP contribution < -0.4 is 10.6 Å². The highest BCUT2D eigenvalue weighted by Gasteiger charge is 2.07. The zero-order chi connectivity index (χ0) is 19.2. The number of hydrogen-bond acceptors (Lipinski definition) is 4. The molecule has 2 N–H and O–H groups in total. The molecule has 0 aliphatic carbocycles. The van der Waals surface area contributed by atoms with E-state index in [0.717, 1.165) is 16.8 Å². The van der Waals surface area contributed by atoms with Crippen molar-refractivity contribution in [1.82, 2.24) is 10.3 Å². The van der Waals surface area contributed by atoms with E-state index in [0.29, 0.717) is 23.5 Å². The molecule has 5 nitrogen and oxygen atoms in total. The summed E-state index contributed by atoms with van der Waals surface area (Å²) in [5, 5.41) is 6.03. The van der Waals surface area contributed by atoms with E-state index >= 15 is 0 Å². The van der Waals surface area contributed by atoms with Gasteiger partial charge in [0.25, 0.3) is 5.91 Å². The lowest BCUT2D eigenvalue weighted by atomic mass is 10.1. The molecule has 5 heteroatoms. The van der Waals surface area contributed by atoms with Gasteiger partial charge in [-0.1, -0.05) is 42.0 Å². The quantitative estimate of drug-likeness (QED) is 0.645. The summed E-state index contributed by atoms with van der Waals surface area (Å²) in [6.45, 7) is 4.02. The summed E-state index contributed by atoms with van der Waals surface area (Å²) in [7, 11) is 0. The van der Waals surface area contributed by atoms with Crippen molar-refractivity contribution in [2.45, 2.75) is 20.4 Å². The maximum absolute atomic E-state index is 12.3. The van der Waals surface area contributed by atoms with Gasteiger partial charge in [-0.2, -0.15) is 0 Å². The standard InChI is InChI=1S/C22H21N3O2/c1-15-5-3-6-17(11-15)13-24-22(27)19-9-10-21(23-14-19)25-20-8-4-7-18(12-20)16(2)26/h3-12,14H,13H2,1-2H3,(H,23,25)(H,24,27). The third-order valence-corrected chi connectivity index (χ3v) is 4.10. The molecule has 136 valence electrons. The maximum atomic E-state index is 12.3. The Hall–Kier alpha value is -3.47. The number of carbonyl (C=O) groups excluding carboxylic acids is 2. The summed E-state index contributed by atoms with van der Waals surface area (Å²) in [5.74, 6) is 0.437. The number of aryl methyl sites for hydroxylation is 1. The van der Waals surface area contributed by atoms with Gasteiger partial charge in [0, 0.05) is 24.0 Å². The van der Waals surface area contributed by atoms with Crippen LogP contribution in [-0.2, 0) is 6.54 Å². The Labute approximate surface area is 158 Å². The van der Waals surface area contributed by atoms with Crippen molar-refractivity contribution in [1.29, 1.82) is 0 Å². The molecule has 0 bridgehead atoms. The zero-order valence-corrected chi connectivity index (χ0v) is 15.3. The van der Waals surface area contributed by atoms with Crippen molar-refractivity contribution in [2.24, 2.45) is 0 Å². The Morgan fingerprint density at radius 3 is 2.48 bits per heavy atom. The number of pyridine rings is 1. The molecule has 0 aliphatic heterocycles. The summed E-state index contributed by atoms with van der Waals surface area (Å²) < 4.78 is 0. The summed E-state index contributed by atoms with van der Waals surface area (Å²) in [4.78, 5) is 28.0. The summed E-state index contributed by atoms with van der Waals surface area (Å²) >= 11 is 0. The van der Waals surface area contributed by atoms with Gasteiger partial charge in [-0.05, 0) is 43.7 Å². The predicted octanol–water partition coefficient (Wildman–Crippen LogP) is 4.27. The first kappa shape index (κ1) is 18.3. The largest absolute Gasteiger partial charge is 0.348 e. The van der Waals surface area contributed by atoms with Crippen molar-refractivity contribution >= 4 is 23.2 Å². The summed E-state index contributed by atoms with van der Waals surface area (Å²) in [6.07, 6.45) is 1.53. The molecular weight excluding hydrogens is 338 g/mol. The van der Waals surface area contributed by atoms with Crippen LogP contribution in [0.1, 0.15) is 38.8 Å². The highest BCUT2D eigenvalue weighted by molar-refractivity contribution is 5.95. The number of carbonyl (C=O) groups is 2. The molecule has 27 heavy (non-hydrogen) atoms. The average molecular weight is 359 g/mol. The van der Waals surface area contributed by atoms with Crippen molar-refractivity contribution in [3.8, 4) is 0 Å². The van der Waals surface area contributed by atoms with Gasteiger partial charge in [-0.25, -0.2) is 4.98 Å². The average Bonchev–Trinajstić information content (AvgIpc) is 2.67. The lowest BCUT2D eigenvalue weighted by molar-refractivity contribution is 0.0949. The number of hydrogen-bond donors (Lipinski definition) is 2. The zero-order valence-electron chi connectivity index (χ0n) is 15.3. The number of anilines is 2. The third-order valence-electron chi connectivity index (χ3n) is 4.10. The van der Waals surface area contributed by atoms with Crippen molar-refractivity contribution in [3.63, 3.8) is 0 Å². The van der Waals surface area contributed by atoms with Crippen LogP contribution in [0.5, 0.6) is 0 Å². The molecule has 1 heterocycles. The Kier molecular flexibility index (Phi) is 5.61. The van der Waals surface area contributed by atoms with Gasteiger partial charge in [0.2, 0.25) is 0 Å². The molecule has 0 aliphatic rings. The second kappa shape index (κ2) is 8.27. The number of aromatic nitrogens is 1. The van der Waals surface area contributed by atoms with E-state index in [4.69, 9.17) is 0 Å². The van der Waals surface area contributed by atoms with Gasteiger partial charge in [-0.15, -0.1) is 0 Å². The first-order valence-corrected chi connectivity index (χ1v) is 8.69. The minimum absolute atomic E-state index is 0.00670. The van der Waals surface area contributed by atoms with E-state index in [2.05, 4.69) is 15.6 Å². The minimum atomic E-state index is -0.172. The fourth-order valence-electron chi connectivity index (χ4n) is 2.67. The van der Waals surface area contributed by atoms with Gasteiger partial charge in [0.15, 0.2) is 5.78 Å². The fraction of sp³-hybridized carbons (Fsp3) is 0.136. The fourth-order valence-corrected chi connectivity index (χ4v) is 2.67. The predicted molar refractivity (Wildman–Crippen MR) is 106 cm³/mol. The first-order chi connectivity index (χ1) is 13.0. The van der Waals surface area contributed by atoms with E-state index in [1.807, 2.05) is 43.3 Å². The number of nitrogens with zero attached hydrogens (tertiary/aromatic N) is 1. The van der Waals surface area contributed by atoms with Gasteiger partial charge in [0.1, 0.15) is 5.82 Å². The molecule has 2 aromatic carbocycles. The molecule has 3 rings (SSSR count). The molecule has 1 amide bonds. The van der Waals surface area contributed by atoms with Crippen molar-refractivity contribution in [2.75, 3.05) is 5.32 Å². The molecule has 3 aromatic rings. The highest BCUT2D eigenvalue weighted by Crippen LogP contribution is 2.16.